The van der Waals surface area contributed by atoms with Crippen molar-refractivity contribution in [3.63, 3.8) is 0 Å². The summed E-state index contributed by atoms with van der Waals surface area (Å²) in [5, 5.41) is 10.7. The number of hydrogen-bond acceptors (Lipinski definition) is 2. The van der Waals surface area contributed by atoms with Crippen LogP contribution in [0.25, 0.3) is 0 Å². The Balaban J connectivity index is 3.19. The molecule has 1 aromatic carbocycles. The van der Waals surface area contributed by atoms with E-state index in [0.717, 1.165) is 11.5 Å². The van der Waals surface area contributed by atoms with Crippen molar-refractivity contribution in [2.45, 2.75) is 6.92 Å². The minimum atomic E-state index is -0.498. The lowest BCUT2D eigenvalue weighted by Crippen LogP contribution is -1.94. The number of rotatable bonds is 3. The van der Waals surface area contributed by atoms with Crippen LogP contribution in [0.3, 0.4) is 0 Å². The Morgan fingerprint density at radius 3 is 2.79 bits per heavy atom. The van der Waals surface area contributed by atoms with Crippen LogP contribution < -0.4 is 0 Å². The van der Waals surface area contributed by atoms with Crippen LogP contribution in [0.2, 0.25) is 5.02 Å². The first-order chi connectivity index (χ1) is 6.56. The normalized spacial score (nSPS) is 10.2. The highest BCUT2D eigenvalue weighted by Gasteiger charge is 2.14. The van der Waals surface area contributed by atoms with Gasteiger partial charge in [-0.15, -0.1) is 6.58 Å². The second-order valence-corrected chi connectivity index (χ2v) is 3.22. The Morgan fingerprint density at radius 1 is 1.64 bits per heavy atom. The highest BCUT2D eigenvalue weighted by molar-refractivity contribution is 6.32. The van der Waals surface area contributed by atoms with Gasteiger partial charge in [-0.05, 0) is 11.6 Å². The monoisotopic (exact) mass is 210 g/mol. The molecule has 0 fully saturated rings. The van der Waals surface area contributed by atoms with Crippen LogP contribution in [-0.4, -0.2) is 4.92 Å². The lowest BCUT2D eigenvalue weighted by atomic mass is 10.0. The van der Waals surface area contributed by atoms with Crippen LogP contribution in [0.4, 0.5) is 5.69 Å². The zero-order chi connectivity index (χ0) is 10.7. The van der Waals surface area contributed by atoms with Crippen molar-refractivity contribution in [1.29, 1.82) is 0 Å². The first kappa shape index (κ1) is 10.7. The molecule has 1 aromatic rings. The van der Waals surface area contributed by atoms with Gasteiger partial charge in [0.1, 0.15) is 5.02 Å². The molecule has 0 saturated carbocycles. The van der Waals surface area contributed by atoms with Crippen molar-refractivity contribution >= 4 is 17.3 Å². The summed E-state index contributed by atoms with van der Waals surface area (Å²) >= 11 is 5.66. The van der Waals surface area contributed by atoms with Gasteiger partial charge in [-0.3, -0.25) is 10.1 Å². The van der Waals surface area contributed by atoms with E-state index in [4.69, 9.17) is 11.6 Å². The molecule has 0 saturated heterocycles. The zero-order valence-electron chi connectivity index (χ0n) is 7.66. The Bertz CT molecular complexity index is 376. The van der Waals surface area contributed by atoms with Crippen molar-refractivity contribution in [2.24, 2.45) is 0 Å². The van der Waals surface area contributed by atoms with Gasteiger partial charge >= 0.3 is 0 Å². The molecule has 0 atom stereocenters. The first-order valence-corrected chi connectivity index (χ1v) is 4.34. The third-order valence-corrected chi connectivity index (χ3v) is 2.22. The van der Waals surface area contributed by atoms with Gasteiger partial charge in [0.25, 0.3) is 5.69 Å². The standard InChI is InChI=1S/C10H9ClNO2/c1-3-7(2)8-4-5-9(11)10(6-8)12(13)14/h3-6H,1H2,2H3. The number of halogens is 1. The molecular formula is C10H9ClNO2. The molecule has 0 spiro atoms. The van der Waals surface area contributed by atoms with E-state index in [1.807, 2.05) is 6.92 Å². The summed E-state index contributed by atoms with van der Waals surface area (Å²) in [5.41, 5.74) is 0.682. The highest BCUT2D eigenvalue weighted by atomic mass is 35.5. The minimum absolute atomic E-state index is 0.0784. The summed E-state index contributed by atoms with van der Waals surface area (Å²) in [6.07, 6.45) is 1.65. The molecule has 14 heavy (non-hydrogen) atoms. The molecule has 0 aliphatic rings. The van der Waals surface area contributed by atoms with Crippen molar-refractivity contribution in [2.75, 3.05) is 0 Å². The summed E-state index contributed by atoms with van der Waals surface area (Å²) < 4.78 is 0. The van der Waals surface area contributed by atoms with Gasteiger partial charge in [0.2, 0.25) is 0 Å². The maximum absolute atomic E-state index is 10.6. The van der Waals surface area contributed by atoms with E-state index in [2.05, 4.69) is 6.58 Å². The van der Waals surface area contributed by atoms with Gasteiger partial charge in [-0.1, -0.05) is 30.7 Å². The number of hydrogen-bond donors (Lipinski definition) is 0. The lowest BCUT2D eigenvalue weighted by molar-refractivity contribution is -0.384. The largest absolute Gasteiger partial charge is 0.288 e. The summed E-state index contributed by atoms with van der Waals surface area (Å²) in [7, 11) is 0. The van der Waals surface area contributed by atoms with Crippen molar-refractivity contribution in [1.82, 2.24) is 0 Å². The predicted molar refractivity (Wildman–Crippen MR) is 56.3 cm³/mol. The smallest absolute Gasteiger partial charge is 0.258 e. The zero-order valence-corrected chi connectivity index (χ0v) is 8.41. The van der Waals surface area contributed by atoms with Crippen molar-refractivity contribution < 1.29 is 4.92 Å². The van der Waals surface area contributed by atoms with Gasteiger partial charge in [0.15, 0.2) is 0 Å². The number of nitro groups is 1. The second kappa shape index (κ2) is 4.24. The molecule has 4 heteroatoms. The first-order valence-electron chi connectivity index (χ1n) is 3.96. The van der Waals surface area contributed by atoms with Crippen LogP contribution in [0.5, 0.6) is 0 Å². The fourth-order valence-electron chi connectivity index (χ4n) is 1.02. The third-order valence-electron chi connectivity index (χ3n) is 1.90. The number of nitro benzene ring substituents is 1. The Labute approximate surface area is 87.2 Å². The SMILES string of the molecule is C=C[C](C)c1ccc(Cl)c([N+](=O)[O-])c1. The van der Waals surface area contributed by atoms with Crippen LogP contribution in [-0.2, 0) is 0 Å². The quantitative estimate of drug-likeness (QED) is 0.567. The van der Waals surface area contributed by atoms with Crippen molar-refractivity contribution in [3.05, 3.63) is 57.5 Å². The third kappa shape index (κ3) is 2.12. The summed E-state index contributed by atoms with van der Waals surface area (Å²) in [4.78, 5) is 10.1. The lowest BCUT2D eigenvalue weighted by Gasteiger charge is -2.05. The van der Waals surface area contributed by atoms with E-state index < -0.39 is 4.92 Å². The topological polar surface area (TPSA) is 43.1 Å². The van der Waals surface area contributed by atoms with Crippen LogP contribution >= 0.6 is 11.6 Å². The van der Waals surface area contributed by atoms with E-state index >= 15 is 0 Å². The molecular weight excluding hydrogens is 202 g/mol. The van der Waals surface area contributed by atoms with Crippen LogP contribution in [0.15, 0.2) is 30.9 Å². The molecule has 0 heterocycles. The van der Waals surface area contributed by atoms with Crippen LogP contribution in [0, 0.1) is 16.0 Å². The Kier molecular flexibility index (Phi) is 3.25. The Morgan fingerprint density at radius 2 is 2.29 bits per heavy atom. The Hall–Kier alpha value is -1.35. The molecule has 0 aromatic heterocycles. The molecule has 3 nitrogen and oxygen atoms in total. The maximum Gasteiger partial charge on any atom is 0.288 e. The summed E-state index contributed by atoms with van der Waals surface area (Å²) in [6.45, 7) is 5.43. The van der Waals surface area contributed by atoms with E-state index in [0.29, 0.717) is 0 Å². The molecule has 1 rings (SSSR count). The van der Waals surface area contributed by atoms with Gasteiger partial charge in [0.05, 0.1) is 4.92 Å². The fourth-order valence-corrected chi connectivity index (χ4v) is 1.20. The molecule has 0 aliphatic heterocycles. The van der Waals surface area contributed by atoms with Gasteiger partial charge in [-0.25, -0.2) is 0 Å². The highest BCUT2D eigenvalue weighted by Crippen LogP contribution is 2.28. The van der Waals surface area contributed by atoms with Gasteiger partial charge in [-0.2, -0.15) is 0 Å². The van der Waals surface area contributed by atoms with Crippen molar-refractivity contribution in [3.8, 4) is 0 Å². The average molecular weight is 211 g/mol. The van der Waals surface area contributed by atoms with E-state index in [-0.39, 0.29) is 10.7 Å². The number of benzene rings is 1. The molecule has 1 radical (unpaired) electrons. The van der Waals surface area contributed by atoms with Gasteiger partial charge < -0.3 is 0 Å². The number of allylic oxidation sites excluding steroid dienone is 1. The minimum Gasteiger partial charge on any atom is -0.258 e. The van der Waals surface area contributed by atoms with Gasteiger partial charge in [0, 0.05) is 12.0 Å². The number of nitrogens with zero attached hydrogens (tertiary/aromatic N) is 1. The maximum atomic E-state index is 10.6. The average Bonchev–Trinajstić information content (AvgIpc) is 2.17. The molecule has 0 bridgehead atoms. The molecule has 73 valence electrons. The van der Waals surface area contributed by atoms with E-state index in [9.17, 15) is 10.1 Å². The summed E-state index contributed by atoms with van der Waals surface area (Å²) in [6, 6.07) is 4.69. The summed E-state index contributed by atoms with van der Waals surface area (Å²) in [5.74, 6) is 0.879. The molecule has 0 unspecified atom stereocenters. The predicted octanol–water partition coefficient (Wildman–Crippen LogP) is 3.38. The fraction of sp³-hybridized carbons (Fsp3) is 0.100. The molecule has 0 aliphatic carbocycles. The van der Waals surface area contributed by atoms with E-state index in [1.165, 1.54) is 12.1 Å². The second-order valence-electron chi connectivity index (χ2n) is 2.81. The van der Waals surface area contributed by atoms with Crippen LogP contribution in [0.1, 0.15) is 12.5 Å². The molecule has 0 amide bonds. The molecule has 0 N–H and O–H groups in total. The van der Waals surface area contributed by atoms with E-state index in [1.54, 1.807) is 12.1 Å².